The van der Waals surface area contributed by atoms with Crippen LogP contribution in [-0.2, 0) is 0 Å². The molecule has 0 bridgehead atoms. The number of benzene rings is 6. The lowest BCUT2D eigenvalue weighted by Crippen LogP contribution is -2.12. The van der Waals surface area contributed by atoms with Crippen LogP contribution in [0.1, 0.15) is 21.5 Å². The van der Waals surface area contributed by atoms with Crippen molar-refractivity contribution in [3.05, 3.63) is 156 Å². The van der Waals surface area contributed by atoms with Crippen LogP contribution in [0.2, 0.25) is 0 Å². The predicted octanol–water partition coefficient (Wildman–Crippen LogP) is 10.2. The van der Waals surface area contributed by atoms with E-state index in [2.05, 4.69) is 133 Å². The van der Waals surface area contributed by atoms with Gasteiger partial charge in [0, 0.05) is 39.1 Å². The highest BCUT2D eigenvalue weighted by atomic mass is 16.1. The van der Waals surface area contributed by atoms with Crippen molar-refractivity contribution in [3.8, 4) is 0 Å². The van der Waals surface area contributed by atoms with Crippen molar-refractivity contribution in [1.82, 2.24) is 0 Å². The summed E-state index contributed by atoms with van der Waals surface area (Å²) >= 11 is 0. The summed E-state index contributed by atoms with van der Waals surface area (Å²) in [5.74, 6) is 0. The molecule has 0 aromatic heterocycles. The summed E-state index contributed by atoms with van der Waals surface area (Å²) in [6.07, 6.45) is 0.882. The maximum Gasteiger partial charge on any atom is 0.150 e. The van der Waals surface area contributed by atoms with Crippen LogP contribution in [0.3, 0.4) is 0 Å². The minimum absolute atomic E-state index is 0.657. The molecular formula is C37H30N2O. The molecule has 0 saturated carbocycles. The number of aryl methyl sites for hydroxylation is 2. The zero-order chi connectivity index (χ0) is 27.5. The monoisotopic (exact) mass is 518 g/mol. The molecule has 6 aromatic carbocycles. The Morgan fingerprint density at radius 1 is 0.425 bits per heavy atom. The summed E-state index contributed by atoms with van der Waals surface area (Å²) in [5, 5.41) is 2.28. The SMILES string of the molecule is Cc1ccc(N(c2ccccc2)c2cccc3c(N(c4ccc(C)cc4)c4ccc(C=O)cc4)cccc23)cc1. The van der Waals surface area contributed by atoms with Crippen molar-refractivity contribution >= 4 is 51.2 Å². The molecule has 40 heavy (non-hydrogen) atoms. The van der Waals surface area contributed by atoms with Crippen molar-refractivity contribution < 1.29 is 4.79 Å². The Kier molecular flexibility index (Phi) is 6.86. The van der Waals surface area contributed by atoms with E-state index in [-0.39, 0.29) is 0 Å². The van der Waals surface area contributed by atoms with Gasteiger partial charge in [0.05, 0.1) is 11.4 Å². The Hall–Kier alpha value is -5.15. The molecule has 0 aliphatic carbocycles. The Balaban J connectivity index is 1.58. The van der Waals surface area contributed by atoms with Crippen LogP contribution in [0.5, 0.6) is 0 Å². The third kappa shape index (κ3) is 4.85. The van der Waals surface area contributed by atoms with Gasteiger partial charge in [-0.25, -0.2) is 0 Å². The maximum atomic E-state index is 11.4. The van der Waals surface area contributed by atoms with Crippen molar-refractivity contribution in [2.45, 2.75) is 13.8 Å². The number of fused-ring (bicyclic) bond motifs is 1. The second kappa shape index (κ2) is 10.9. The third-order valence-corrected chi connectivity index (χ3v) is 7.24. The van der Waals surface area contributed by atoms with Gasteiger partial charge < -0.3 is 9.80 Å². The summed E-state index contributed by atoms with van der Waals surface area (Å²) in [6, 6.07) is 48.5. The maximum absolute atomic E-state index is 11.4. The fourth-order valence-corrected chi connectivity index (χ4v) is 5.19. The number of carbonyl (C=O) groups excluding carboxylic acids is 1. The highest BCUT2D eigenvalue weighted by Gasteiger charge is 2.19. The average Bonchev–Trinajstić information content (AvgIpc) is 3.00. The summed E-state index contributed by atoms with van der Waals surface area (Å²) < 4.78 is 0. The van der Waals surface area contributed by atoms with Gasteiger partial charge in [-0.05, 0) is 86.6 Å². The standard InChI is InChI=1S/C37H30N2O/c1-27-14-20-31(21-15-27)38(30-8-4-3-5-9-30)36-12-6-11-35-34(36)10-7-13-37(35)39(32-22-16-28(2)17-23-32)33-24-18-29(26-40)19-25-33/h3-26H,1-2H3. The van der Waals surface area contributed by atoms with E-state index in [0.717, 1.165) is 51.2 Å². The van der Waals surface area contributed by atoms with E-state index in [0.29, 0.717) is 5.56 Å². The van der Waals surface area contributed by atoms with Crippen LogP contribution in [0, 0.1) is 13.8 Å². The minimum atomic E-state index is 0.657. The summed E-state index contributed by atoms with van der Waals surface area (Å²) in [7, 11) is 0. The molecule has 0 atom stereocenters. The number of hydrogen-bond donors (Lipinski definition) is 0. The molecule has 0 aliphatic rings. The van der Waals surface area contributed by atoms with Crippen LogP contribution < -0.4 is 9.80 Å². The summed E-state index contributed by atoms with van der Waals surface area (Å²) in [6.45, 7) is 4.21. The lowest BCUT2D eigenvalue weighted by molar-refractivity contribution is 0.112. The molecule has 0 radical (unpaired) electrons. The first-order chi connectivity index (χ1) is 19.6. The second-order valence-electron chi connectivity index (χ2n) is 10.0. The lowest BCUT2D eigenvalue weighted by atomic mass is 10.0. The number of hydrogen-bond acceptors (Lipinski definition) is 3. The fourth-order valence-electron chi connectivity index (χ4n) is 5.19. The highest BCUT2D eigenvalue weighted by molar-refractivity contribution is 6.06. The molecule has 6 aromatic rings. The van der Waals surface area contributed by atoms with Crippen molar-refractivity contribution in [2.24, 2.45) is 0 Å². The first-order valence-electron chi connectivity index (χ1n) is 13.5. The van der Waals surface area contributed by atoms with Gasteiger partial charge in [0.1, 0.15) is 6.29 Å². The van der Waals surface area contributed by atoms with Gasteiger partial charge in [-0.3, -0.25) is 4.79 Å². The van der Waals surface area contributed by atoms with Gasteiger partial charge in [0.15, 0.2) is 0 Å². The molecule has 6 rings (SSSR count). The molecule has 194 valence electrons. The first kappa shape index (κ1) is 25.1. The average molecular weight is 519 g/mol. The lowest BCUT2D eigenvalue weighted by Gasteiger charge is -2.30. The minimum Gasteiger partial charge on any atom is -0.310 e. The molecule has 0 unspecified atom stereocenters. The smallest absolute Gasteiger partial charge is 0.150 e. The van der Waals surface area contributed by atoms with Gasteiger partial charge >= 0.3 is 0 Å². The zero-order valence-electron chi connectivity index (χ0n) is 22.7. The van der Waals surface area contributed by atoms with E-state index in [1.165, 1.54) is 11.1 Å². The van der Waals surface area contributed by atoms with Gasteiger partial charge in [0.2, 0.25) is 0 Å². The first-order valence-corrected chi connectivity index (χ1v) is 13.5. The van der Waals surface area contributed by atoms with Crippen molar-refractivity contribution in [2.75, 3.05) is 9.80 Å². The molecular weight excluding hydrogens is 488 g/mol. The molecule has 0 amide bonds. The second-order valence-corrected chi connectivity index (χ2v) is 10.0. The van der Waals surface area contributed by atoms with Gasteiger partial charge in [-0.1, -0.05) is 77.9 Å². The number of carbonyl (C=O) groups is 1. The number of rotatable bonds is 7. The van der Waals surface area contributed by atoms with E-state index in [9.17, 15) is 4.79 Å². The normalized spacial score (nSPS) is 10.8. The van der Waals surface area contributed by atoms with Gasteiger partial charge in [-0.15, -0.1) is 0 Å². The van der Waals surface area contributed by atoms with Crippen LogP contribution in [-0.4, -0.2) is 6.29 Å². The van der Waals surface area contributed by atoms with E-state index < -0.39 is 0 Å². The molecule has 0 spiro atoms. The molecule has 0 N–H and O–H groups in total. The Morgan fingerprint density at radius 3 is 1.25 bits per heavy atom. The molecule has 0 heterocycles. The van der Waals surface area contributed by atoms with Crippen molar-refractivity contribution in [1.29, 1.82) is 0 Å². The topological polar surface area (TPSA) is 23.6 Å². The Bertz CT molecular complexity index is 1760. The van der Waals surface area contributed by atoms with Crippen LogP contribution in [0.25, 0.3) is 10.8 Å². The summed E-state index contributed by atoms with van der Waals surface area (Å²) in [4.78, 5) is 16.0. The Morgan fingerprint density at radius 2 is 0.825 bits per heavy atom. The quantitative estimate of drug-likeness (QED) is 0.196. The van der Waals surface area contributed by atoms with Gasteiger partial charge in [0.25, 0.3) is 0 Å². The summed E-state index contributed by atoms with van der Waals surface area (Å²) in [5.41, 5.74) is 9.52. The third-order valence-electron chi connectivity index (χ3n) is 7.24. The van der Waals surface area contributed by atoms with Gasteiger partial charge in [-0.2, -0.15) is 0 Å². The van der Waals surface area contributed by atoms with Crippen LogP contribution >= 0.6 is 0 Å². The van der Waals surface area contributed by atoms with E-state index in [1.807, 2.05) is 30.3 Å². The molecule has 0 aliphatic heterocycles. The molecule has 3 heteroatoms. The fraction of sp³-hybridized carbons (Fsp3) is 0.0541. The molecule has 0 saturated heterocycles. The molecule has 3 nitrogen and oxygen atoms in total. The van der Waals surface area contributed by atoms with E-state index in [1.54, 1.807) is 0 Å². The molecule has 0 fully saturated rings. The van der Waals surface area contributed by atoms with E-state index >= 15 is 0 Å². The zero-order valence-corrected chi connectivity index (χ0v) is 22.7. The van der Waals surface area contributed by atoms with E-state index in [4.69, 9.17) is 0 Å². The van der Waals surface area contributed by atoms with Crippen LogP contribution in [0.15, 0.2) is 140 Å². The number of anilines is 6. The Labute approximate surface area is 235 Å². The number of nitrogens with zero attached hydrogens (tertiary/aromatic N) is 2. The predicted molar refractivity (Wildman–Crippen MR) is 168 cm³/mol. The highest BCUT2D eigenvalue weighted by Crippen LogP contribution is 2.44. The number of para-hydroxylation sites is 1. The van der Waals surface area contributed by atoms with Crippen LogP contribution in [0.4, 0.5) is 34.1 Å². The number of aldehydes is 1. The van der Waals surface area contributed by atoms with Crippen molar-refractivity contribution in [3.63, 3.8) is 0 Å². The largest absolute Gasteiger partial charge is 0.310 e.